The predicted molar refractivity (Wildman–Crippen MR) is 72.8 cm³/mol. The maximum absolute atomic E-state index is 12.2. The monoisotopic (exact) mass is 263 g/mol. The second-order valence-corrected chi connectivity index (χ2v) is 6.09. The number of aldehydes is 1. The van der Waals surface area contributed by atoms with E-state index in [1.165, 1.54) is 10.5 Å². The Morgan fingerprint density at radius 3 is 2.84 bits per heavy atom. The molecule has 1 aliphatic heterocycles. The normalized spacial score (nSPS) is 23.1. The smallest absolute Gasteiger partial charge is 0.411 e. The van der Waals surface area contributed by atoms with Crippen molar-refractivity contribution in [2.24, 2.45) is 0 Å². The zero-order valence-corrected chi connectivity index (χ0v) is 11.8. The summed E-state index contributed by atoms with van der Waals surface area (Å²) in [4.78, 5) is 24.9. The van der Waals surface area contributed by atoms with Gasteiger partial charge in [-0.3, -0.25) is 4.90 Å². The Bertz CT molecular complexity index is 443. The minimum Gasteiger partial charge on any atom is -0.444 e. The lowest BCUT2D eigenvalue weighted by molar-refractivity contribution is -0.112. The topological polar surface area (TPSA) is 46.6 Å². The van der Waals surface area contributed by atoms with Crippen molar-refractivity contribution in [2.75, 3.05) is 6.54 Å². The molecule has 0 saturated heterocycles. The third-order valence-corrected chi connectivity index (χ3v) is 3.37. The van der Waals surface area contributed by atoms with E-state index < -0.39 is 11.7 Å². The van der Waals surface area contributed by atoms with E-state index in [0.29, 0.717) is 13.0 Å². The van der Waals surface area contributed by atoms with Gasteiger partial charge in [0.2, 0.25) is 0 Å². The molecule has 0 radical (unpaired) electrons. The van der Waals surface area contributed by atoms with Crippen LogP contribution in [0.1, 0.15) is 40.0 Å². The molecule has 0 aromatic heterocycles. The number of hydrogen-bond acceptors (Lipinski definition) is 3. The van der Waals surface area contributed by atoms with Gasteiger partial charge in [0.05, 0.1) is 6.04 Å². The average Bonchev–Trinajstić information content (AvgIpc) is 2.35. The summed E-state index contributed by atoms with van der Waals surface area (Å²) in [7, 11) is 0. The van der Waals surface area contributed by atoms with Crippen LogP contribution in [-0.4, -0.2) is 35.5 Å². The number of amides is 1. The van der Waals surface area contributed by atoms with Gasteiger partial charge in [0.25, 0.3) is 0 Å². The van der Waals surface area contributed by atoms with Crippen molar-refractivity contribution < 1.29 is 14.3 Å². The molecule has 1 amide bonds. The highest BCUT2D eigenvalue weighted by atomic mass is 16.6. The van der Waals surface area contributed by atoms with Crippen LogP contribution in [0.4, 0.5) is 4.79 Å². The second-order valence-electron chi connectivity index (χ2n) is 6.09. The Labute approximate surface area is 114 Å². The van der Waals surface area contributed by atoms with Gasteiger partial charge in [-0.1, -0.05) is 17.7 Å². The molecule has 0 aromatic rings. The highest BCUT2D eigenvalue weighted by Crippen LogP contribution is 2.30. The molecule has 0 aromatic carbocycles. The summed E-state index contributed by atoms with van der Waals surface area (Å²) in [5.74, 6) is 0. The van der Waals surface area contributed by atoms with Crippen molar-refractivity contribution in [1.29, 1.82) is 0 Å². The lowest BCUT2D eigenvalue weighted by Crippen LogP contribution is -2.47. The van der Waals surface area contributed by atoms with Crippen molar-refractivity contribution in [3.05, 3.63) is 23.3 Å². The maximum Gasteiger partial charge on any atom is 0.411 e. The second kappa shape index (κ2) is 5.19. The summed E-state index contributed by atoms with van der Waals surface area (Å²) in [5, 5.41) is 0. The quantitative estimate of drug-likeness (QED) is 0.683. The average molecular weight is 263 g/mol. The van der Waals surface area contributed by atoms with Gasteiger partial charge in [0.15, 0.2) is 0 Å². The summed E-state index contributed by atoms with van der Waals surface area (Å²) in [6, 6.07) is -0.389. The van der Waals surface area contributed by atoms with Gasteiger partial charge in [0.1, 0.15) is 11.9 Å². The highest BCUT2D eigenvalue weighted by molar-refractivity contribution is 5.75. The summed E-state index contributed by atoms with van der Waals surface area (Å²) >= 11 is 0. The van der Waals surface area contributed by atoms with Crippen molar-refractivity contribution in [2.45, 2.75) is 51.7 Å². The van der Waals surface area contributed by atoms with Crippen LogP contribution >= 0.6 is 0 Å². The van der Waals surface area contributed by atoms with E-state index in [9.17, 15) is 9.59 Å². The number of rotatable bonds is 1. The Morgan fingerprint density at radius 2 is 2.21 bits per heavy atom. The van der Waals surface area contributed by atoms with Crippen LogP contribution < -0.4 is 0 Å². The van der Waals surface area contributed by atoms with Crippen LogP contribution in [0.2, 0.25) is 0 Å². The van der Waals surface area contributed by atoms with Crippen LogP contribution in [0.15, 0.2) is 23.3 Å². The molecule has 2 aliphatic rings. The standard InChI is InChI=1S/C15H21NO3/c1-15(2,3)19-14(18)16-9-12-7-5-4-6-11(12)8-13(16)10-17/h5,7,10,13H,4,6,8-9H2,1-3H3. The van der Waals surface area contributed by atoms with Gasteiger partial charge in [-0.25, -0.2) is 4.79 Å². The Morgan fingerprint density at radius 1 is 1.47 bits per heavy atom. The molecule has 1 atom stereocenters. The first kappa shape index (κ1) is 13.8. The summed E-state index contributed by atoms with van der Waals surface area (Å²) < 4.78 is 5.37. The zero-order chi connectivity index (χ0) is 14.0. The molecule has 2 rings (SSSR count). The van der Waals surface area contributed by atoms with Gasteiger partial charge in [-0.05, 0) is 45.6 Å². The minimum atomic E-state index is -0.540. The number of carbonyl (C=O) groups is 2. The van der Waals surface area contributed by atoms with E-state index in [1.807, 2.05) is 20.8 Å². The molecule has 4 heteroatoms. The Hall–Kier alpha value is -1.58. The van der Waals surface area contributed by atoms with Gasteiger partial charge in [-0.15, -0.1) is 0 Å². The molecule has 0 bridgehead atoms. The van der Waals surface area contributed by atoms with Gasteiger partial charge in [-0.2, -0.15) is 0 Å². The molecule has 0 N–H and O–H groups in total. The Balaban J connectivity index is 2.16. The van der Waals surface area contributed by atoms with Crippen LogP contribution in [0.5, 0.6) is 0 Å². The van der Waals surface area contributed by atoms with E-state index in [-0.39, 0.29) is 6.04 Å². The number of ether oxygens (including phenoxy) is 1. The van der Waals surface area contributed by atoms with Crippen LogP contribution in [0, 0.1) is 0 Å². The molecule has 1 heterocycles. The molecule has 0 spiro atoms. The van der Waals surface area contributed by atoms with Gasteiger partial charge < -0.3 is 9.53 Å². The molecule has 0 fully saturated rings. The van der Waals surface area contributed by atoms with Crippen molar-refractivity contribution >= 4 is 12.4 Å². The van der Waals surface area contributed by atoms with Crippen LogP contribution in [-0.2, 0) is 9.53 Å². The molecule has 1 aliphatic carbocycles. The van der Waals surface area contributed by atoms with E-state index in [1.54, 1.807) is 0 Å². The molecule has 0 saturated carbocycles. The molecule has 19 heavy (non-hydrogen) atoms. The fourth-order valence-corrected chi connectivity index (χ4v) is 2.46. The van der Waals surface area contributed by atoms with Crippen molar-refractivity contribution in [3.8, 4) is 0 Å². The molecular formula is C15H21NO3. The molecular weight excluding hydrogens is 242 g/mol. The van der Waals surface area contributed by atoms with Crippen LogP contribution in [0.3, 0.4) is 0 Å². The third kappa shape index (κ3) is 3.25. The number of nitrogens with zero attached hydrogens (tertiary/aromatic N) is 1. The largest absolute Gasteiger partial charge is 0.444 e. The van der Waals surface area contributed by atoms with E-state index in [0.717, 1.165) is 24.7 Å². The van der Waals surface area contributed by atoms with Crippen LogP contribution in [0.25, 0.3) is 0 Å². The number of allylic oxidation sites excluding steroid dienone is 1. The fourth-order valence-electron chi connectivity index (χ4n) is 2.46. The van der Waals surface area contributed by atoms with Gasteiger partial charge in [0, 0.05) is 6.54 Å². The number of carbonyl (C=O) groups excluding carboxylic acids is 2. The summed E-state index contributed by atoms with van der Waals surface area (Å²) in [6.45, 7) is 5.96. The molecule has 1 unspecified atom stereocenters. The van der Waals surface area contributed by atoms with E-state index >= 15 is 0 Å². The fraction of sp³-hybridized carbons (Fsp3) is 0.600. The Kier molecular flexibility index (Phi) is 3.78. The summed E-state index contributed by atoms with van der Waals surface area (Å²) in [6.07, 6.45) is 7.30. The summed E-state index contributed by atoms with van der Waals surface area (Å²) in [5.41, 5.74) is 1.93. The van der Waals surface area contributed by atoms with Crippen molar-refractivity contribution in [1.82, 2.24) is 4.90 Å². The lowest BCUT2D eigenvalue weighted by atomic mass is 9.88. The highest BCUT2D eigenvalue weighted by Gasteiger charge is 2.33. The van der Waals surface area contributed by atoms with Gasteiger partial charge >= 0.3 is 6.09 Å². The first-order chi connectivity index (χ1) is 8.90. The zero-order valence-electron chi connectivity index (χ0n) is 11.8. The third-order valence-electron chi connectivity index (χ3n) is 3.37. The molecule has 104 valence electrons. The van der Waals surface area contributed by atoms with E-state index in [2.05, 4.69) is 12.2 Å². The van der Waals surface area contributed by atoms with E-state index in [4.69, 9.17) is 4.74 Å². The minimum absolute atomic E-state index is 0.389. The van der Waals surface area contributed by atoms with Crippen molar-refractivity contribution in [3.63, 3.8) is 0 Å². The first-order valence-corrected chi connectivity index (χ1v) is 6.73. The lowest BCUT2D eigenvalue weighted by Gasteiger charge is -2.36. The first-order valence-electron chi connectivity index (χ1n) is 6.73. The maximum atomic E-state index is 12.2. The number of hydrogen-bond donors (Lipinski definition) is 0. The molecule has 4 nitrogen and oxygen atoms in total. The predicted octanol–water partition coefficient (Wildman–Crippen LogP) is 2.84. The SMILES string of the molecule is CC(C)(C)OC(=O)N1CC2=C(CCC=C2)CC1C=O.